The Labute approximate surface area is 157 Å². The van der Waals surface area contributed by atoms with Crippen molar-refractivity contribution >= 4 is 5.78 Å². The van der Waals surface area contributed by atoms with Crippen LogP contribution in [-0.4, -0.2) is 37.0 Å². The smallest absolute Gasteiger partial charge is 0.145 e. The van der Waals surface area contributed by atoms with E-state index in [0.29, 0.717) is 0 Å². The van der Waals surface area contributed by atoms with Crippen molar-refractivity contribution < 1.29 is 4.79 Å². The maximum Gasteiger partial charge on any atom is 0.145 e. The molecule has 1 aliphatic heterocycles. The van der Waals surface area contributed by atoms with Crippen LogP contribution < -0.4 is 5.32 Å². The van der Waals surface area contributed by atoms with Crippen LogP contribution in [0, 0.1) is 5.92 Å². The van der Waals surface area contributed by atoms with Gasteiger partial charge in [-0.15, -0.1) is 0 Å². The Morgan fingerprint density at radius 2 is 1.65 bits per heavy atom. The number of Topliss-reactive ketones (excluding diaryl/α,β-unsaturated/α-hetero) is 1. The topological polar surface area (TPSA) is 32.3 Å². The summed E-state index contributed by atoms with van der Waals surface area (Å²) >= 11 is 0. The number of likely N-dealkylation sites (tertiary alicyclic amines) is 1. The lowest BCUT2D eigenvalue weighted by Gasteiger charge is -2.38. The molecule has 0 radical (unpaired) electrons. The second kappa shape index (κ2) is 8.61. The van der Waals surface area contributed by atoms with E-state index in [4.69, 9.17) is 0 Å². The van der Waals surface area contributed by atoms with E-state index in [-0.39, 0.29) is 11.7 Å². The van der Waals surface area contributed by atoms with Gasteiger partial charge in [-0.25, -0.2) is 0 Å². The van der Waals surface area contributed by atoms with Crippen LogP contribution in [0.4, 0.5) is 0 Å². The number of rotatable bonds is 8. The maximum absolute atomic E-state index is 13.2. The van der Waals surface area contributed by atoms with Crippen LogP contribution in [-0.2, 0) is 10.2 Å². The number of carbonyl (C=O) groups excluding carboxylic acids is 1. The third-order valence-corrected chi connectivity index (χ3v) is 5.66. The van der Waals surface area contributed by atoms with Crippen LogP contribution in [0.25, 0.3) is 0 Å². The average molecular weight is 351 g/mol. The van der Waals surface area contributed by atoms with Gasteiger partial charge in [-0.2, -0.15) is 0 Å². The molecule has 26 heavy (non-hydrogen) atoms. The van der Waals surface area contributed by atoms with E-state index in [1.54, 1.807) is 6.92 Å². The highest BCUT2D eigenvalue weighted by Crippen LogP contribution is 2.44. The van der Waals surface area contributed by atoms with E-state index >= 15 is 0 Å². The van der Waals surface area contributed by atoms with Gasteiger partial charge in [-0.1, -0.05) is 67.6 Å². The number of hydrogen-bond acceptors (Lipinski definition) is 3. The summed E-state index contributed by atoms with van der Waals surface area (Å²) in [5.41, 5.74) is 1.67. The van der Waals surface area contributed by atoms with Crippen molar-refractivity contribution in [3.05, 3.63) is 71.8 Å². The molecule has 0 bridgehead atoms. The van der Waals surface area contributed by atoms with Crippen LogP contribution >= 0.6 is 0 Å². The summed E-state index contributed by atoms with van der Waals surface area (Å²) in [6.45, 7) is 7.87. The fourth-order valence-electron chi connectivity index (χ4n) is 4.48. The van der Waals surface area contributed by atoms with Crippen molar-refractivity contribution in [3.8, 4) is 0 Å². The molecule has 2 aromatic rings. The van der Waals surface area contributed by atoms with Crippen molar-refractivity contribution in [2.24, 2.45) is 5.92 Å². The van der Waals surface area contributed by atoms with Crippen molar-refractivity contribution in [2.45, 2.75) is 32.1 Å². The van der Waals surface area contributed by atoms with Crippen LogP contribution in [0.5, 0.6) is 0 Å². The number of carbonyl (C=O) groups is 1. The molecule has 3 nitrogen and oxygen atoms in total. The van der Waals surface area contributed by atoms with Crippen molar-refractivity contribution in [2.75, 3.05) is 26.3 Å². The van der Waals surface area contributed by atoms with Gasteiger partial charge < -0.3 is 5.32 Å². The zero-order chi connectivity index (χ0) is 18.4. The van der Waals surface area contributed by atoms with Gasteiger partial charge in [0.25, 0.3) is 0 Å². The molecule has 0 amide bonds. The standard InChI is InChI=1S/C23H30N2O/c1-3-15-24-18-25-16-14-22(17-25)23(19(2)26,20-10-6-4-7-11-20)21-12-8-5-9-13-21/h4-13,22,24H,3,14-18H2,1-2H3. The molecule has 1 unspecified atom stereocenters. The Morgan fingerprint density at radius 1 is 1.08 bits per heavy atom. The molecular formula is C23H30N2O. The van der Waals surface area contributed by atoms with E-state index in [2.05, 4.69) is 41.4 Å². The van der Waals surface area contributed by atoms with E-state index in [1.807, 2.05) is 36.4 Å². The second-order valence-corrected chi connectivity index (χ2v) is 7.32. The highest BCUT2D eigenvalue weighted by atomic mass is 16.1. The lowest BCUT2D eigenvalue weighted by Crippen LogP contribution is -2.45. The molecule has 0 saturated carbocycles. The molecule has 2 aromatic carbocycles. The minimum absolute atomic E-state index is 0.239. The van der Waals surface area contributed by atoms with Crippen molar-refractivity contribution in [3.63, 3.8) is 0 Å². The zero-order valence-corrected chi connectivity index (χ0v) is 15.9. The molecule has 1 saturated heterocycles. The van der Waals surface area contributed by atoms with Crippen LogP contribution in [0.15, 0.2) is 60.7 Å². The lowest BCUT2D eigenvalue weighted by atomic mass is 9.63. The maximum atomic E-state index is 13.2. The minimum atomic E-state index is -0.567. The van der Waals surface area contributed by atoms with Gasteiger partial charge in [-0.05, 0) is 49.9 Å². The molecular weight excluding hydrogens is 320 g/mol. The Balaban J connectivity index is 1.98. The normalized spacial score (nSPS) is 18.2. The van der Waals surface area contributed by atoms with Crippen LogP contribution in [0.3, 0.4) is 0 Å². The second-order valence-electron chi connectivity index (χ2n) is 7.32. The average Bonchev–Trinajstić information content (AvgIpc) is 3.13. The predicted octanol–water partition coefficient (Wildman–Crippen LogP) is 3.84. The van der Waals surface area contributed by atoms with Gasteiger partial charge in [-0.3, -0.25) is 9.69 Å². The monoisotopic (exact) mass is 350 g/mol. The van der Waals surface area contributed by atoms with E-state index in [9.17, 15) is 4.79 Å². The molecule has 138 valence electrons. The first-order valence-electron chi connectivity index (χ1n) is 9.74. The fraction of sp³-hybridized carbons (Fsp3) is 0.435. The molecule has 1 aliphatic rings. The first-order valence-corrected chi connectivity index (χ1v) is 9.74. The van der Waals surface area contributed by atoms with Crippen LogP contribution in [0.2, 0.25) is 0 Å². The molecule has 0 spiro atoms. The highest BCUT2D eigenvalue weighted by Gasteiger charge is 2.48. The summed E-state index contributed by atoms with van der Waals surface area (Å²) in [7, 11) is 0. The van der Waals surface area contributed by atoms with Gasteiger partial charge in [0.05, 0.1) is 5.41 Å². The van der Waals surface area contributed by atoms with E-state index in [0.717, 1.165) is 50.3 Å². The predicted molar refractivity (Wildman–Crippen MR) is 107 cm³/mol. The number of nitrogens with zero attached hydrogens (tertiary/aromatic N) is 1. The van der Waals surface area contributed by atoms with Gasteiger partial charge in [0.15, 0.2) is 0 Å². The molecule has 3 heteroatoms. The van der Waals surface area contributed by atoms with Gasteiger partial charge in [0, 0.05) is 13.2 Å². The number of nitrogens with one attached hydrogen (secondary N) is 1. The molecule has 1 fully saturated rings. The SMILES string of the molecule is CCCNCN1CCC(C(C(C)=O)(c2ccccc2)c2ccccc2)C1. The molecule has 1 atom stereocenters. The third-order valence-electron chi connectivity index (χ3n) is 5.66. The molecule has 1 N–H and O–H groups in total. The lowest BCUT2D eigenvalue weighted by molar-refractivity contribution is -0.122. The number of hydrogen-bond donors (Lipinski definition) is 1. The Morgan fingerprint density at radius 3 is 2.15 bits per heavy atom. The summed E-state index contributed by atoms with van der Waals surface area (Å²) in [5.74, 6) is 0.525. The summed E-state index contributed by atoms with van der Waals surface area (Å²) in [6, 6.07) is 20.7. The third kappa shape index (κ3) is 3.60. The largest absolute Gasteiger partial charge is 0.304 e. The first-order chi connectivity index (χ1) is 12.7. The van der Waals surface area contributed by atoms with Crippen molar-refractivity contribution in [1.82, 2.24) is 10.2 Å². The summed E-state index contributed by atoms with van der Waals surface area (Å²) < 4.78 is 0. The minimum Gasteiger partial charge on any atom is -0.304 e. The quantitative estimate of drug-likeness (QED) is 0.734. The number of ketones is 1. The summed E-state index contributed by atoms with van der Waals surface area (Å²) in [5, 5.41) is 3.50. The Kier molecular flexibility index (Phi) is 6.23. The number of benzene rings is 2. The van der Waals surface area contributed by atoms with E-state index in [1.165, 1.54) is 0 Å². The molecule has 0 aliphatic carbocycles. The first kappa shape index (κ1) is 18.8. The Hall–Kier alpha value is -1.97. The summed E-state index contributed by atoms with van der Waals surface area (Å²) in [6.07, 6.45) is 2.18. The molecule has 0 aromatic heterocycles. The van der Waals surface area contributed by atoms with Crippen molar-refractivity contribution in [1.29, 1.82) is 0 Å². The van der Waals surface area contributed by atoms with Gasteiger partial charge in [0.2, 0.25) is 0 Å². The van der Waals surface area contributed by atoms with Crippen LogP contribution in [0.1, 0.15) is 37.8 Å². The van der Waals surface area contributed by atoms with E-state index < -0.39 is 5.41 Å². The zero-order valence-electron chi connectivity index (χ0n) is 15.9. The Bertz CT molecular complexity index is 659. The fourth-order valence-corrected chi connectivity index (χ4v) is 4.48. The summed E-state index contributed by atoms with van der Waals surface area (Å²) in [4.78, 5) is 15.6. The molecule has 3 rings (SSSR count). The highest BCUT2D eigenvalue weighted by molar-refractivity contribution is 5.92. The van der Waals surface area contributed by atoms with Gasteiger partial charge in [0.1, 0.15) is 5.78 Å². The van der Waals surface area contributed by atoms with Gasteiger partial charge >= 0.3 is 0 Å². The molecule has 1 heterocycles.